The molecule has 0 heterocycles. The van der Waals surface area contributed by atoms with Crippen molar-refractivity contribution >= 4 is 37.3 Å². The second kappa shape index (κ2) is 11.6. The number of carbonyl (C=O) groups excluding carboxylic acids is 1. The van der Waals surface area contributed by atoms with E-state index in [0.717, 1.165) is 4.31 Å². The Kier molecular flexibility index (Phi) is 8.79. The topological polar surface area (TPSA) is 131 Å². The van der Waals surface area contributed by atoms with E-state index in [0.29, 0.717) is 29.3 Å². The molecule has 0 aliphatic rings. The van der Waals surface area contributed by atoms with Gasteiger partial charge in [0, 0.05) is 25.5 Å². The van der Waals surface area contributed by atoms with Gasteiger partial charge in [0.25, 0.3) is 15.9 Å². The van der Waals surface area contributed by atoms with Crippen LogP contribution in [0.1, 0.15) is 12.5 Å². The molecule has 198 valence electrons. The van der Waals surface area contributed by atoms with Crippen LogP contribution in [0.15, 0.2) is 76.5 Å². The molecule has 2 N–H and O–H groups in total. The fraction of sp³-hybridized carbons (Fsp3) is 0.240. The Balaban J connectivity index is 1.61. The third-order valence-corrected chi connectivity index (χ3v) is 8.39. The van der Waals surface area contributed by atoms with Crippen molar-refractivity contribution in [3.63, 3.8) is 0 Å². The molecule has 3 aromatic carbocycles. The summed E-state index contributed by atoms with van der Waals surface area (Å²) in [5, 5.41) is 2.64. The van der Waals surface area contributed by atoms with Crippen molar-refractivity contribution in [3.8, 4) is 11.5 Å². The van der Waals surface area contributed by atoms with Gasteiger partial charge in [-0.15, -0.1) is 0 Å². The summed E-state index contributed by atoms with van der Waals surface area (Å²) in [6, 6.07) is 16.6. The minimum Gasteiger partial charge on any atom is -0.494 e. The van der Waals surface area contributed by atoms with Gasteiger partial charge in [-0.25, -0.2) is 21.1 Å². The Morgan fingerprint density at radius 2 is 1.41 bits per heavy atom. The molecule has 0 bridgehead atoms. The molecule has 0 aromatic heterocycles. The molecule has 0 unspecified atom stereocenters. The van der Waals surface area contributed by atoms with Crippen molar-refractivity contribution in [2.45, 2.75) is 23.6 Å². The maximum Gasteiger partial charge on any atom is 0.262 e. The van der Waals surface area contributed by atoms with Gasteiger partial charge in [-0.1, -0.05) is 6.07 Å². The normalized spacial score (nSPS) is 11.7. The summed E-state index contributed by atoms with van der Waals surface area (Å²) in [6.07, 6.45) is 0. The molecule has 3 aromatic rings. The average Bonchev–Trinajstić information content (AvgIpc) is 2.85. The summed E-state index contributed by atoms with van der Waals surface area (Å²) in [7, 11) is -4.64. The Hall–Kier alpha value is -3.61. The number of sulfonamides is 2. The van der Waals surface area contributed by atoms with Crippen molar-refractivity contribution in [3.05, 3.63) is 72.3 Å². The van der Waals surface area contributed by atoms with E-state index in [9.17, 15) is 21.6 Å². The SMILES string of the molecule is CCOc1ccc(NS(=O)(=O)c2ccc(OCC(=O)Nc3cc(S(=O)(=O)N(C)C)ccc3C)cc2)cc1. The first-order valence-electron chi connectivity index (χ1n) is 11.2. The lowest BCUT2D eigenvalue weighted by atomic mass is 10.2. The maximum absolute atomic E-state index is 12.7. The minimum absolute atomic E-state index is 0.0210. The number of anilines is 2. The van der Waals surface area contributed by atoms with Gasteiger partial charge < -0.3 is 14.8 Å². The molecule has 0 atom stereocenters. The van der Waals surface area contributed by atoms with Crippen LogP contribution in [0.2, 0.25) is 0 Å². The van der Waals surface area contributed by atoms with Crippen molar-refractivity contribution in [2.75, 3.05) is 37.3 Å². The van der Waals surface area contributed by atoms with Crippen LogP contribution in [0.25, 0.3) is 0 Å². The Bertz CT molecular complexity index is 1450. The zero-order valence-corrected chi connectivity index (χ0v) is 22.5. The molecule has 10 nitrogen and oxygen atoms in total. The smallest absolute Gasteiger partial charge is 0.262 e. The van der Waals surface area contributed by atoms with Gasteiger partial charge >= 0.3 is 0 Å². The van der Waals surface area contributed by atoms with Crippen LogP contribution in [0.5, 0.6) is 11.5 Å². The lowest BCUT2D eigenvalue weighted by Crippen LogP contribution is -2.23. The summed E-state index contributed by atoms with van der Waals surface area (Å²) >= 11 is 0. The molecule has 37 heavy (non-hydrogen) atoms. The molecule has 1 amide bonds. The second-order valence-electron chi connectivity index (χ2n) is 8.14. The number of amides is 1. The Morgan fingerprint density at radius 1 is 0.838 bits per heavy atom. The number of rotatable bonds is 11. The van der Waals surface area contributed by atoms with Crippen molar-refractivity contribution in [2.24, 2.45) is 0 Å². The lowest BCUT2D eigenvalue weighted by Gasteiger charge is -2.14. The van der Waals surface area contributed by atoms with E-state index >= 15 is 0 Å². The van der Waals surface area contributed by atoms with E-state index in [4.69, 9.17) is 9.47 Å². The fourth-order valence-electron chi connectivity index (χ4n) is 3.16. The number of benzene rings is 3. The molecule has 0 aliphatic heterocycles. The molecule has 0 saturated carbocycles. The van der Waals surface area contributed by atoms with Crippen LogP contribution in [-0.2, 0) is 24.8 Å². The number of nitrogens with one attached hydrogen (secondary N) is 2. The highest BCUT2D eigenvalue weighted by atomic mass is 32.2. The third kappa shape index (κ3) is 7.21. The molecule has 12 heteroatoms. The van der Waals surface area contributed by atoms with Crippen molar-refractivity contribution < 1.29 is 31.1 Å². The molecule has 0 spiro atoms. The number of aryl methyl sites for hydroxylation is 1. The highest BCUT2D eigenvalue weighted by molar-refractivity contribution is 7.92. The van der Waals surface area contributed by atoms with Crippen molar-refractivity contribution in [1.29, 1.82) is 0 Å². The number of nitrogens with zero attached hydrogens (tertiary/aromatic N) is 1. The molecule has 0 saturated heterocycles. The van der Waals surface area contributed by atoms with Gasteiger partial charge in [-0.2, -0.15) is 0 Å². The Morgan fingerprint density at radius 3 is 2.00 bits per heavy atom. The van der Waals surface area contributed by atoms with Gasteiger partial charge in [0.15, 0.2) is 6.61 Å². The highest BCUT2D eigenvalue weighted by Crippen LogP contribution is 2.23. The van der Waals surface area contributed by atoms with E-state index in [1.165, 1.54) is 50.5 Å². The van der Waals surface area contributed by atoms with Crippen LogP contribution < -0.4 is 19.5 Å². The quantitative estimate of drug-likeness (QED) is 0.376. The summed E-state index contributed by atoms with van der Waals surface area (Å²) in [5.41, 5.74) is 1.41. The van der Waals surface area contributed by atoms with Crippen LogP contribution >= 0.6 is 0 Å². The average molecular weight is 548 g/mol. The van der Waals surface area contributed by atoms with Crippen molar-refractivity contribution in [1.82, 2.24) is 4.31 Å². The molecule has 0 fully saturated rings. The van der Waals surface area contributed by atoms with E-state index in [1.807, 2.05) is 6.92 Å². The van der Waals surface area contributed by atoms with E-state index in [1.54, 1.807) is 37.3 Å². The zero-order valence-electron chi connectivity index (χ0n) is 20.9. The number of hydrogen-bond acceptors (Lipinski definition) is 7. The van der Waals surface area contributed by atoms with Gasteiger partial charge in [0.05, 0.1) is 16.4 Å². The number of carbonyl (C=O) groups is 1. The van der Waals surface area contributed by atoms with Gasteiger partial charge in [-0.3, -0.25) is 9.52 Å². The highest BCUT2D eigenvalue weighted by Gasteiger charge is 2.19. The van der Waals surface area contributed by atoms with Crippen LogP contribution in [0, 0.1) is 6.92 Å². The molecule has 0 radical (unpaired) electrons. The maximum atomic E-state index is 12.7. The third-order valence-electron chi connectivity index (χ3n) is 5.18. The second-order valence-corrected chi connectivity index (χ2v) is 12.0. The predicted octanol–water partition coefficient (Wildman–Crippen LogP) is 3.46. The van der Waals surface area contributed by atoms with Crippen LogP contribution in [0.3, 0.4) is 0 Å². The minimum atomic E-state index is -3.83. The lowest BCUT2D eigenvalue weighted by molar-refractivity contribution is -0.118. The number of ether oxygens (including phenoxy) is 2. The standard InChI is InChI=1S/C25H29N3O7S2/c1-5-34-20-9-7-19(8-10-20)27-36(30,31)22-14-11-21(12-15-22)35-17-25(29)26-24-16-23(13-6-18(24)2)37(32,33)28(3)4/h6-16,27H,5,17H2,1-4H3,(H,26,29). The summed E-state index contributed by atoms with van der Waals surface area (Å²) in [6.45, 7) is 3.75. The Labute approximate surface area is 217 Å². The van der Waals surface area contributed by atoms with Crippen LogP contribution in [-0.4, -0.2) is 54.4 Å². The summed E-state index contributed by atoms with van der Waals surface area (Å²) in [5.74, 6) is 0.421. The molecular formula is C25H29N3O7S2. The first kappa shape index (κ1) is 28.0. The first-order valence-corrected chi connectivity index (χ1v) is 14.2. The van der Waals surface area contributed by atoms with Gasteiger partial charge in [-0.05, 0) is 80.1 Å². The van der Waals surface area contributed by atoms with Gasteiger partial charge in [0.2, 0.25) is 10.0 Å². The van der Waals surface area contributed by atoms with Crippen LogP contribution in [0.4, 0.5) is 11.4 Å². The molecule has 0 aliphatic carbocycles. The van der Waals surface area contributed by atoms with E-state index in [2.05, 4.69) is 10.0 Å². The van der Waals surface area contributed by atoms with E-state index < -0.39 is 26.0 Å². The molecule has 3 rings (SSSR count). The summed E-state index contributed by atoms with van der Waals surface area (Å²) in [4.78, 5) is 12.5. The van der Waals surface area contributed by atoms with E-state index in [-0.39, 0.29) is 22.1 Å². The predicted molar refractivity (Wildman–Crippen MR) is 141 cm³/mol. The van der Waals surface area contributed by atoms with Gasteiger partial charge in [0.1, 0.15) is 11.5 Å². The molecular weight excluding hydrogens is 518 g/mol. The fourth-order valence-corrected chi connectivity index (χ4v) is 5.14. The number of hydrogen-bond donors (Lipinski definition) is 2. The largest absolute Gasteiger partial charge is 0.494 e. The monoisotopic (exact) mass is 547 g/mol. The summed E-state index contributed by atoms with van der Waals surface area (Å²) < 4.78 is 64.5. The first-order chi connectivity index (χ1) is 17.4. The zero-order chi connectivity index (χ0) is 27.2.